The van der Waals surface area contributed by atoms with Crippen molar-refractivity contribution in [3.63, 3.8) is 0 Å². The summed E-state index contributed by atoms with van der Waals surface area (Å²) in [5, 5.41) is -0.212. The average molecular weight is 349 g/mol. The highest BCUT2D eigenvalue weighted by Crippen LogP contribution is 2.35. The zero-order valence-corrected chi connectivity index (χ0v) is 15.3. The number of nitrogens with zero attached hydrogens (tertiary/aromatic N) is 1. The molecule has 0 aromatic heterocycles. The fourth-order valence-corrected chi connectivity index (χ4v) is 3.28. The quantitative estimate of drug-likeness (QED) is 0.686. The molecule has 0 spiro atoms. The molecule has 1 aromatic rings. The van der Waals surface area contributed by atoms with Crippen molar-refractivity contribution in [2.24, 2.45) is 0 Å². The van der Waals surface area contributed by atoms with E-state index in [0.717, 1.165) is 23.7 Å². The van der Waals surface area contributed by atoms with Crippen LogP contribution in [0.3, 0.4) is 0 Å². The van der Waals surface area contributed by atoms with Crippen molar-refractivity contribution in [2.45, 2.75) is 40.2 Å². The fraction of sp³-hybridized carbons (Fsp3) is 0.444. The molecule has 0 bridgehead atoms. The molecule has 0 aliphatic carbocycles. The second-order valence-corrected chi connectivity index (χ2v) is 6.37. The van der Waals surface area contributed by atoms with Gasteiger partial charge in [0.2, 0.25) is 0 Å². The van der Waals surface area contributed by atoms with Gasteiger partial charge in [0.1, 0.15) is 0 Å². The van der Waals surface area contributed by atoms with E-state index in [0.29, 0.717) is 29.6 Å². The Morgan fingerprint density at radius 3 is 2.42 bits per heavy atom. The number of carbonyl (C=O) groups is 2. The largest absolute Gasteiger partial charge is 0.490 e. The number of benzene rings is 1. The van der Waals surface area contributed by atoms with Gasteiger partial charge >= 0.3 is 0 Å². The van der Waals surface area contributed by atoms with Crippen molar-refractivity contribution >= 4 is 29.0 Å². The molecule has 130 valence electrons. The van der Waals surface area contributed by atoms with Gasteiger partial charge in [-0.05, 0) is 62.7 Å². The van der Waals surface area contributed by atoms with Gasteiger partial charge in [-0.25, -0.2) is 0 Å². The third-order valence-electron chi connectivity index (χ3n) is 3.72. The molecule has 0 N–H and O–H groups in total. The van der Waals surface area contributed by atoms with Crippen molar-refractivity contribution in [1.29, 1.82) is 0 Å². The van der Waals surface area contributed by atoms with Crippen LogP contribution in [0.1, 0.15) is 39.7 Å². The van der Waals surface area contributed by atoms with Crippen LogP contribution in [0.5, 0.6) is 11.5 Å². The molecule has 24 heavy (non-hydrogen) atoms. The van der Waals surface area contributed by atoms with Gasteiger partial charge in [-0.2, -0.15) is 0 Å². The van der Waals surface area contributed by atoms with E-state index in [9.17, 15) is 9.59 Å². The van der Waals surface area contributed by atoms with E-state index in [2.05, 4.69) is 0 Å². The zero-order chi connectivity index (χ0) is 17.7. The number of hydrogen-bond donors (Lipinski definition) is 0. The van der Waals surface area contributed by atoms with Gasteiger partial charge in [-0.1, -0.05) is 13.0 Å². The maximum atomic E-state index is 12.5. The predicted octanol–water partition coefficient (Wildman–Crippen LogP) is 4.32. The number of hydrogen-bond acceptors (Lipinski definition) is 5. The molecule has 1 atom stereocenters. The molecule has 1 aliphatic heterocycles. The van der Waals surface area contributed by atoms with Crippen molar-refractivity contribution in [1.82, 2.24) is 4.90 Å². The Kier molecular flexibility index (Phi) is 6.31. The van der Waals surface area contributed by atoms with Gasteiger partial charge in [0, 0.05) is 6.04 Å². The van der Waals surface area contributed by atoms with Crippen LogP contribution in [-0.2, 0) is 4.79 Å². The normalized spacial score (nSPS) is 17.5. The van der Waals surface area contributed by atoms with E-state index in [4.69, 9.17) is 9.47 Å². The van der Waals surface area contributed by atoms with Crippen LogP contribution in [0.2, 0.25) is 0 Å². The van der Waals surface area contributed by atoms with Gasteiger partial charge in [-0.3, -0.25) is 14.5 Å². The minimum Gasteiger partial charge on any atom is -0.490 e. The Labute approximate surface area is 147 Å². The lowest BCUT2D eigenvalue weighted by atomic mass is 10.1. The van der Waals surface area contributed by atoms with Crippen LogP contribution < -0.4 is 9.47 Å². The molecule has 0 unspecified atom stereocenters. The van der Waals surface area contributed by atoms with Crippen molar-refractivity contribution in [3.8, 4) is 11.5 Å². The minimum atomic E-state index is -0.230. The Morgan fingerprint density at radius 1 is 1.12 bits per heavy atom. The molecule has 5 nitrogen and oxygen atoms in total. The van der Waals surface area contributed by atoms with Crippen LogP contribution in [0.15, 0.2) is 23.1 Å². The van der Waals surface area contributed by atoms with Gasteiger partial charge in [0.15, 0.2) is 11.5 Å². The smallest absolute Gasteiger partial charge is 0.293 e. The second-order valence-electron chi connectivity index (χ2n) is 5.38. The lowest BCUT2D eigenvalue weighted by Crippen LogP contribution is -2.36. The van der Waals surface area contributed by atoms with Crippen LogP contribution in [0.4, 0.5) is 4.79 Å². The third-order valence-corrected chi connectivity index (χ3v) is 4.60. The van der Waals surface area contributed by atoms with Gasteiger partial charge < -0.3 is 9.47 Å². The second kappa shape index (κ2) is 8.24. The summed E-state index contributed by atoms with van der Waals surface area (Å²) in [6, 6.07) is 5.40. The summed E-state index contributed by atoms with van der Waals surface area (Å²) in [5.41, 5.74) is 0.802. The van der Waals surface area contributed by atoms with Crippen molar-refractivity contribution in [3.05, 3.63) is 28.7 Å². The summed E-state index contributed by atoms with van der Waals surface area (Å²) in [6.45, 7) is 8.72. The first kappa shape index (κ1) is 18.4. The summed E-state index contributed by atoms with van der Waals surface area (Å²) in [6.07, 6.45) is 2.47. The standard InChI is InChI=1S/C18H23NO4S/c1-5-12(4)19-17(20)16(24-18(19)21)11-13-8-9-14(22-6-2)15(10-13)23-7-3/h8-12H,5-7H2,1-4H3/b16-11+/t12-/m1/s1. The SMILES string of the molecule is CCOc1ccc(/C=C2/SC(=O)N([C@H](C)CC)C2=O)cc1OCC. The number of thioether (sulfide) groups is 1. The number of ether oxygens (including phenoxy) is 2. The molecule has 1 heterocycles. The summed E-state index contributed by atoms with van der Waals surface area (Å²) in [4.78, 5) is 26.3. The first-order valence-corrected chi connectivity index (χ1v) is 9.00. The first-order valence-electron chi connectivity index (χ1n) is 8.18. The topological polar surface area (TPSA) is 55.8 Å². The Morgan fingerprint density at radius 2 is 1.79 bits per heavy atom. The van der Waals surface area contributed by atoms with E-state index in [-0.39, 0.29) is 17.2 Å². The molecule has 0 radical (unpaired) electrons. The van der Waals surface area contributed by atoms with E-state index >= 15 is 0 Å². The van der Waals surface area contributed by atoms with E-state index < -0.39 is 0 Å². The molecule has 2 rings (SSSR count). The van der Waals surface area contributed by atoms with Crippen LogP contribution in [0, 0.1) is 0 Å². The highest BCUT2D eigenvalue weighted by Gasteiger charge is 2.37. The molecular weight excluding hydrogens is 326 g/mol. The first-order chi connectivity index (χ1) is 11.5. The average Bonchev–Trinajstić information content (AvgIpc) is 2.83. The monoisotopic (exact) mass is 349 g/mol. The minimum absolute atomic E-state index is 0.0947. The molecule has 2 amide bonds. The highest BCUT2D eigenvalue weighted by molar-refractivity contribution is 8.18. The third kappa shape index (κ3) is 3.93. The summed E-state index contributed by atoms with van der Waals surface area (Å²) >= 11 is 0.980. The maximum absolute atomic E-state index is 12.5. The number of carbonyl (C=O) groups excluding carboxylic acids is 2. The zero-order valence-electron chi connectivity index (χ0n) is 14.5. The summed E-state index contributed by atoms with van der Waals surface area (Å²) in [5.74, 6) is 1.07. The molecule has 0 saturated carbocycles. The summed E-state index contributed by atoms with van der Waals surface area (Å²) < 4.78 is 11.1. The van der Waals surface area contributed by atoms with E-state index in [1.807, 2.05) is 45.9 Å². The molecular formula is C18H23NO4S. The lowest BCUT2D eigenvalue weighted by molar-refractivity contribution is -0.124. The molecule has 1 saturated heterocycles. The fourth-order valence-electron chi connectivity index (χ4n) is 2.35. The lowest BCUT2D eigenvalue weighted by Gasteiger charge is -2.19. The van der Waals surface area contributed by atoms with Gasteiger partial charge in [0.05, 0.1) is 18.1 Å². The predicted molar refractivity (Wildman–Crippen MR) is 96.3 cm³/mol. The van der Waals surface area contributed by atoms with Crippen molar-refractivity contribution < 1.29 is 19.1 Å². The highest BCUT2D eigenvalue weighted by atomic mass is 32.2. The van der Waals surface area contributed by atoms with E-state index in [1.165, 1.54) is 4.90 Å². The molecule has 1 aliphatic rings. The van der Waals surface area contributed by atoms with Crippen LogP contribution in [-0.4, -0.2) is 35.3 Å². The Bertz CT molecular complexity index is 656. The Balaban J connectivity index is 2.29. The number of rotatable bonds is 7. The van der Waals surface area contributed by atoms with Gasteiger partial charge in [0.25, 0.3) is 11.1 Å². The van der Waals surface area contributed by atoms with Crippen LogP contribution >= 0.6 is 11.8 Å². The molecule has 1 aromatic carbocycles. The number of imide groups is 1. The molecule has 1 fully saturated rings. The number of amides is 2. The Hall–Kier alpha value is -1.95. The van der Waals surface area contributed by atoms with Crippen molar-refractivity contribution in [2.75, 3.05) is 13.2 Å². The maximum Gasteiger partial charge on any atom is 0.293 e. The van der Waals surface area contributed by atoms with Gasteiger partial charge in [-0.15, -0.1) is 0 Å². The van der Waals surface area contributed by atoms with Crippen LogP contribution in [0.25, 0.3) is 6.08 Å². The van der Waals surface area contributed by atoms with E-state index in [1.54, 1.807) is 6.08 Å². The molecule has 6 heteroatoms. The summed E-state index contributed by atoms with van der Waals surface area (Å²) in [7, 11) is 0.